The maximum Gasteiger partial charge on any atom is 0.248 e. The SMILES string of the molecule is CC[C@H](C(=O)Nc1ccc(OC)cc1)N(c1ccc(OC)c(Cl)c1)S(C)(=O)=O. The number of amides is 1. The van der Waals surface area contributed by atoms with Crippen LogP contribution in [0.3, 0.4) is 0 Å². The quantitative estimate of drug-likeness (QED) is 0.697. The highest BCUT2D eigenvalue weighted by molar-refractivity contribution is 7.92. The Balaban J connectivity index is 2.36. The lowest BCUT2D eigenvalue weighted by molar-refractivity contribution is -0.117. The average molecular weight is 427 g/mol. The minimum Gasteiger partial charge on any atom is -0.497 e. The van der Waals surface area contributed by atoms with Gasteiger partial charge in [-0.05, 0) is 48.9 Å². The molecule has 2 aromatic carbocycles. The van der Waals surface area contributed by atoms with Crippen LogP contribution in [-0.2, 0) is 14.8 Å². The molecule has 2 aromatic rings. The first-order valence-electron chi connectivity index (χ1n) is 8.49. The number of carbonyl (C=O) groups is 1. The van der Waals surface area contributed by atoms with E-state index in [0.717, 1.165) is 10.6 Å². The van der Waals surface area contributed by atoms with Crippen LogP contribution in [0.5, 0.6) is 11.5 Å². The molecule has 28 heavy (non-hydrogen) atoms. The number of methoxy groups -OCH3 is 2. The number of hydrogen-bond acceptors (Lipinski definition) is 5. The number of benzene rings is 2. The molecule has 0 aliphatic heterocycles. The first-order chi connectivity index (χ1) is 13.2. The molecule has 0 unspecified atom stereocenters. The van der Waals surface area contributed by atoms with Gasteiger partial charge < -0.3 is 14.8 Å². The Hall–Kier alpha value is -2.45. The van der Waals surface area contributed by atoms with Crippen LogP contribution in [0.2, 0.25) is 5.02 Å². The van der Waals surface area contributed by atoms with Crippen molar-refractivity contribution in [3.63, 3.8) is 0 Å². The van der Waals surface area contributed by atoms with Gasteiger partial charge >= 0.3 is 0 Å². The van der Waals surface area contributed by atoms with Crippen molar-refractivity contribution in [2.24, 2.45) is 0 Å². The summed E-state index contributed by atoms with van der Waals surface area (Å²) in [6.45, 7) is 1.74. The molecule has 1 atom stereocenters. The Morgan fingerprint density at radius 1 is 1.14 bits per heavy atom. The van der Waals surface area contributed by atoms with E-state index in [9.17, 15) is 13.2 Å². The lowest BCUT2D eigenvalue weighted by Gasteiger charge is -2.30. The molecule has 0 aromatic heterocycles. The number of nitrogens with one attached hydrogen (secondary N) is 1. The van der Waals surface area contributed by atoms with Crippen molar-refractivity contribution in [2.45, 2.75) is 19.4 Å². The van der Waals surface area contributed by atoms with Crippen molar-refractivity contribution in [1.82, 2.24) is 0 Å². The van der Waals surface area contributed by atoms with Gasteiger partial charge in [0.05, 0.1) is 31.2 Å². The van der Waals surface area contributed by atoms with Gasteiger partial charge in [0.15, 0.2) is 0 Å². The van der Waals surface area contributed by atoms with Crippen LogP contribution < -0.4 is 19.1 Å². The molecule has 0 bridgehead atoms. The minimum absolute atomic E-state index is 0.249. The lowest BCUT2D eigenvalue weighted by atomic mass is 10.1. The van der Waals surface area contributed by atoms with E-state index in [4.69, 9.17) is 21.1 Å². The molecule has 1 N–H and O–H groups in total. The Labute approximate surface area is 170 Å². The number of sulfonamides is 1. The molecule has 0 aliphatic carbocycles. The zero-order valence-corrected chi connectivity index (χ0v) is 17.7. The van der Waals surface area contributed by atoms with Crippen LogP contribution in [0.25, 0.3) is 0 Å². The monoisotopic (exact) mass is 426 g/mol. The molecule has 0 saturated carbocycles. The van der Waals surface area contributed by atoms with E-state index >= 15 is 0 Å². The third-order valence-corrected chi connectivity index (χ3v) is 5.55. The molecule has 152 valence electrons. The number of halogens is 1. The topological polar surface area (TPSA) is 84.9 Å². The van der Waals surface area contributed by atoms with Crippen LogP contribution in [-0.4, -0.2) is 40.8 Å². The number of ether oxygens (including phenoxy) is 2. The van der Waals surface area contributed by atoms with E-state index in [0.29, 0.717) is 17.2 Å². The second-order valence-corrected chi connectivity index (χ2v) is 8.29. The van der Waals surface area contributed by atoms with Crippen molar-refractivity contribution in [3.8, 4) is 11.5 Å². The summed E-state index contributed by atoms with van der Waals surface area (Å²) in [5, 5.41) is 2.99. The van der Waals surface area contributed by atoms with Crippen molar-refractivity contribution in [3.05, 3.63) is 47.5 Å². The van der Waals surface area contributed by atoms with Gasteiger partial charge in [-0.2, -0.15) is 0 Å². The fourth-order valence-electron chi connectivity index (χ4n) is 2.75. The summed E-state index contributed by atoms with van der Waals surface area (Å²) in [6, 6.07) is 10.4. The van der Waals surface area contributed by atoms with E-state index in [1.165, 1.54) is 13.2 Å². The normalized spacial score (nSPS) is 12.2. The zero-order chi connectivity index (χ0) is 20.9. The van der Waals surface area contributed by atoms with E-state index < -0.39 is 22.0 Å². The Bertz CT molecular complexity index is 932. The van der Waals surface area contributed by atoms with Gasteiger partial charge in [-0.3, -0.25) is 9.10 Å². The second kappa shape index (κ2) is 9.16. The van der Waals surface area contributed by atoms with Crippen LogP contribution in [0, 0.1) is 0 Å². The summed E-state index contributed by atoms with van der Waals surface area (Å²) in [5.74, 6) is 0.607. The highest BCUT2D eigenvalue weighted by Crippen LogP contribution is 2.32. The molecule has 1 amide bonds. The summed E-state index contributed by atoms with van der Waals surface area (Å²) in [5.41, 5.74) is 0.815. The molecule has 0 fully saturated rings. The van der Waals surface area contributed by atoms with Crippen LogP contribution in [0.4, 0.5) is 11.4 Å². The number of hydrogen-bond donors (Lipinski definition) is 1. The highest BCUT2D eigenvalue weighted by atomic mass is 35.5. The standard InChI is InChI=1S/C19H23ClN2O5S/c1-5-17(19(23)21-13-6-9-15(26-2)10-7-13)22(28(4,24)25)14-8-11-18(27-3)16(20)12-14/h6-12,17H,5H2,1-4H3,(H,21,23)/t17-/m1/s1. The number of nitrogens with zero attached hydrogens (tertiary/aromatic N) is 1. The molecule has 0 radical (unpaired) electrons. The number of rotatable bonds is 8. The van der Waals surface area contributed by atoms with Gasteiger partial charge in [0.2, 0.25) is 15.9 Å². The van der Waals surface area contributed by atoms with Gasteiger partial charge in [0.1, 0.15) is 17.5 Å². The molecule has 0 saturated heterocycles. The van der Waals surface area contributed by atoms with Gasteiger partial charge in [0.25, 0.3) is 0 Å². The lowest BCUT2D eigenvalue weighted by Crippen LogP contribution is -2.47. The first-order valence-corrected chi connectivity index (χ1v) is 10.7. The maximum absolute atomic E-state index is 12.9. The number of anilines is 2. The van der Waals surface area contributed by atoms with Crippen molar-refractivity contribution < 1.29 is 22.7 Å². The average Bonchev–Trinajstić information content (AvgIpc) is 2.65. The van der Waals surface area contributed by atoms with E-state index in [1.54, 1.807) is 50.4 Å². The van der Waals surface area contributed by atoms with Crippen molar-refractivity contribution >= 4 is 38.9 Å². The van der Waals surface area contributed by atoms with E-state index in [2.05, 4.69) is 5.32 Å². The molecule has 0 heterocycles. The second-order valence-electron chi connectivity index (χ2n) is 6.02. The smallest absolute Gasteiger partial charge is 0.248 e. The maximum atomic E-state index is 12.9. The largest absolute Gasteiger partial charge is 0.497 e. The zero-order valence-electron chi connectivity index (χ0n) is 16.1. The predicted molar refractivity (Wildman–Crippen MR) is 111 cm³/mol. The van der Waals surface area contributed by atoms with E-state index in [1.807, 2.05) is 0 Å². The molecule has 7 nitrogen and oxygen atoms in total. The summed E-state index contributed by atoms with van der Waals surface area (Å²) in [4.78, 5) is 12.9. The highest BCUT2D eigenvalue weighted by Gasteiger charge is 2.32. The summed E-state index contributed by atoms with van der Waals surface area (Å²) in [6.07, 6.45) is 1.31. The van der Waals surface area contributed by atoms with Gasteiger partial charge in [-0.15, -0.1) is 0 Å². The van der Waals surface area contributed by atoms with Gasteiger partial charge in [-0.1, -0.05) is 18.5 Å². The summed E-state index contributed by atoms with van der Waals surface area (Å²) in [7, 11) is -0.750. The van der Waals surface area contributed by atoms with Crippen LogP contribution in [0.15, 0.2) is 42.5 Å². The number of carbonyl (C=O) groups excluding carboxylic acids is 1. The Morgan fingerprint density at radius 2 is 1.79 bits per heavy atom. The van der Waals surface area contributed by atoms with Crippen molar-refractivity contribution in [2.75, 3.05) is 30.1 Å². The van der Waals surface area contributed by atoms with Crippen LogP contribution in [0.1, 0.15) is 13.3 Å². The van der Waals surface area contributed by atoms with Gasteiger partial charge in [-0.25, -0.2) is 8.42 Å². The van der Waals surface area contributed by atoms with Crippen molar-refractivity contribution in [1.29, 1.82) is 0 Å². The molecule has 9 heteroatoms. The third kappa shape index (κ3) is 5.08. The molecular weight excluding hydrogens is 404 g/mol. The molecule has 0 aliphatic rings. The Morgan fingerprint density at radius 3 is 2.25 bits per heavy atom. The molecular formula is C19H23ClN2O5S. The molecule has 0 spiro atoms. The fourth-order valence-corrected chi connectivity index (χ4v) is 4.21. The summed E-state index contributed by atoms with van der Waals surface area (Å²) < 4.78 is 36.3. The molecule has 2 rings (SSSR count). The fraction of sp³-hybridized carbons (Fsp3) is 0.316. The predicted octanol–water partition coefficient (Wildman–Crippen LogP) is 3.54. The van der Waals surface area contributed by atoms with E-state index in [-0.39, 0.29) is 17.1 Å². The van der Waals surface area contributed by atoms with Gasteiger partial charge in [0, 0.05) is 5.69 Å². The summed E-state index contributed by atoms with van der Waals surface area (Å²) >= 11 is 6.15. The Kier molecular flexibility index (Phi) is 7.15. The van der Waals surface area contributed by atoms with Crippen LogP contribution >= 0.6 is 11.6 Å². The first kappa shape index (κ1) is 21.8. The minimum atomic E-state index is -3.76. The third-order valence-electron chi connectivity index (χ3n) is 4.08.